The molecular weight excluding hydrogens is 351 g/mol. The zero-order valence-corrected chi connectivity index (χ0v) is 14.5. The van der Waals surface area contributed by atoms with Gasteiger partial charge in [0.25, 0.3) is 5.91 Å². The van der Waals surface area contributed by atoms with Crippen molar-refractivity contribution in [2.75, 3.05) is 32.8 Å². The van der Waals surface area contributed by atoms with Gasteiger partial charge in [0.15, 0.2) is 0 Å². The molecule has 1 aliphatic heterocycles. The van der Waals surface area contributed by atoms with E-state index in [1.807, 2.05) is 12.1 Å². The van der Waals surface area contributed by atoms with Crippen molar-refractivity contribution in [2.24, 2.45) is 0 Å². The number of benzene rings is 1. The lowest BCUT2D eigenvalue weighted by Crippen LogP contribution is -2.43. The molecular formula is C17H18Cl2N2O3. The van der Waals surface area contributed by atoms with Gasteiger partial charge in [0.1, 0.15) is 5.76 Å². The normalized spacial score (nSPS) is 16.8. The molecule has 0 aliphatic carbocycles. The van der Waals surface area contributed by atoms with E-state index < -0.39 is 0 Å². The second-order valence-corrected chi connectivity index (χ2v) is 6.36. The molecule has 3 rings (SSSR count). The number of hydrogen-bond acceptors (Lipinski definition) is 4. The van der Waals surface area contributed by atoms with Gasteiger partial charge in [-0.05, 0) is 30.3 Å². The number of ether oxygens (including phenoxy) is 1. The number of furan rings is 1. The maximum absolute atomic E-state index is 12.4. The first-order chi connectivity index (χ1) is 11.6. The molecule has 7 heteroatoms. The van der Waals surface area contributed by atoms with Crippen molar-refractivity contribution < 1.29 is 13.9 Å². The summed E-state index contributed by atoms with van der Waals surface area (Å²) in [6.07, 6.45) is 1.64. The van der Waals surface area contributed by atoms with E-state index in [0.29, 0.717) is 35.4 Å². The molecule has 1 atom stereocenters. The van der Waals surface area contributed by atoms with Gasteiger partial charge in [0.2, 0.25) is 0 Å². The smallest absolute Gasteiger partial charge is 0.252 e. The fourth-order valence-electron chi connectivity index (χ4n) is 2.74. The maximum atomic E-state index is 12.4. The minimum absolute atomic E-state index is 0.0502. The number of nitrogens with zero attached hydrogens (tertiary/aromatic N) is 1. The Morgan fingerprint density at radius 2 is 2.04 bits per heavy atom. The van der Waals surface area contributed by atoms with Crippen LogP contribution in [0.15, 0.2) is 41.0 Å². The van der Waals surface area contributed by atoms with Crippen LogP contribution in [0.5, 0.6) is 0 Å². The van der Waals surface area contributed by atoms with Gasteiger partial charge in [0, 0.05) is 24.7 Å². The Bertz CT molecular complexity index is 685. The van der Waals surface area contributed by atoms with E-state index in [1.165, 1.54) is 0 Å². The molecule has 0 bridgehead atoms. The van der Waals surface area contributed by atoms with E-state index in [-0.39, 0.29) is 11.9 Å². The zero-order valence-electron chi connectivity index (χ0n) is 13.0. The summed E-state index contributed by atoms with van der Waals surface area (Å²) in [7, 11) is 0. The van der Waals surface area contributed by atoms with Crippen LogP contribution < -0.4 is 5.32 Å². The topological polar surface area (TPSA) is 54.7 Å². The van der Waals surface area contributed by atoms with Gasteiger partial charge in [-0.25, -0.2) is 0 Å². The Kier molecular flexibility index (Phi) is 5.79. The third kappa shape index (κ3) is 4.11. The third-order valence-corrected chi connectivity index (χ3v) is 4.55. The molecule has 128 valence electrons. The number of carbonyl (C=O) groups excluding carboxylic acids is 1. The van der Waals surface area contributed by atoms with Crippen molar-refractivity contribution in [2.45, 2.75) is 6.04 Å². The predicted octanol–water partition coefficient (Wildman–Crippen LogP) is 3.39. The molecule has 1 fully saturated rings. The number of amides is 1. The third-order valence-electron chi connectivity index (χ3n) is 3.99. The van der Waals surface area contributed by atoms with Crippen molar-refractivity contribution in [3.05, 3.63) is 58.0 Å². The fraction of sp³-hybridized carbons (Fsp3) is 0.353. The Morgan fingerprint density at radius 3 is 2.75 bits per heavy atom. The van der Waals surface area contributed by atoms with Crippen LogP contribution in [0.1, 0.15) is 22.2 Å². The summed E-state index contributed by atoms with van der Waals surface area (Å²) in [5, 5.41) is 3.77. The van der Waals surface area contributed by atoms with Gasteiger partial charge in [-0.15, -0.1) is 0 Å². The monoisotopic (exact) mass is 368 g/mol. The van der Waals surface area contributed by atoms with E-state index in [9.17, 15) is 4.79 Å². The van der Waals surface area contributed by atoms with Crippen molar-refractivity contribution in [1.29, 1.82) is 0 Å². The lowest BCUT2D eigenvalue weighted by Gasteiger charge is -2.33. The first kappa shape index (κ1) is 17.3. The minimum atomic E-state index is -0.257. The molecule has 1 N–H and O–H groups in total. The highest BCUT2D eigenvalue weighted by atomic mass is 35.5. The van der Waals surface area contributed by atoms with E-state index >= 15 is 0 Å². The number of hydrogen-bond donors (Lipinski definition) is 1. The van der Waals surface area contributed by atoms with Crippen LogP contribution >= 0.6 is 23.2 Å². The summed E-state index contributed by atoms with van der Waals surface area (Å²) in [5.74, 6) is 0.557. The van der Waals surface area contributed by atoms with Crippen LogP contribution in [-0.4, -0.2) is 43.7 Å². The lowest BCUT2D eigenvalue weighted by molar-refractivity contribution is 0.0118. The molecule has 0 spiro atoms. The van der Waals surface area contributed by atoms with Crippen LogP contribution in [0.4, 0.5) is 0 Å². The first-order valence-corrected chi connectivity index (χ1v) is 8.49. The molecule has 5 nitrogen and oxygen atoms in total. The fourth-order valence-corrected chi connectivity index (χ4v) is 3.11. The van der Waals surface area contributed by atoms with Crippen LogP contribution in [0, 0.1) is 0 Å². The van der Waals surface area contributed by atoms with Crippen LogP contribution in [0.3, 0.4) is 0 Å². The molecule has 1 unspecified atom stereocenters. The van der Waals surface area contributed by atoms with Crippen molar-refractivity contribution in [3.63, 3.8) is 0 Å². The summed E-state index contributed by atoms with van der Waals surface area (Å²) in [5.41, 5.74) is 0.365. The van der Waals surface area contributed by atoms with Gasteiger partial charge >= 0.3 is 0 Å². The minimum Gasteiger partial charge on any atom is -0.468 e. The largest absolute Gasteiger partial charge is 0.468 e. The number of nitrogens with one attached hydrogen (secondary N) is 1. The van der Waals surface area contributed by atoms with E-state index in [4.69, 9.17) is 32.4 Å². The Hall–Kier alpha value is -1.53. The molecule has 1 saturated heterocycles. The molecule has 2 heterocycles. The zero-order chi connectivity index (χ0) is 16.9. The highest BCUT2D eigenvalue weighted by molar-refractivity contribution is 6.35. The van der Waals surface area contributed by atoms with Gasteiger partial charge in [-0.2, -0.15) is 0 Å². The summed E-state index contributed by atoms with van der Waals surface area (Å²) in [6, 6.07) is 8.54. The van der Waals surface area contributed by atoms with Crippen LogP contribution in [0.25, 0.3) is 0 Å². The van der Waals surface area contributed by atoms with E-state index in [0.717, 1.165) is 18.8 Å². The highest BCUT2D eigenvalue weighted by Crippen LogP contribution is 2.23. The summed E-state index contributed by atoms with van der Waals surface area (Å²) in [4.78, 5) is 14.7. The molecule has 1 amide bonds. The highest BCUT2D eigenvalue weighted by Gasteiger charge is 2.25. The number of carbonyl (C=O) groups is 1. The summed E-state index contributed by atoms with van der Waals surface area (Å²) in [6.45, 7) is 3.34. The number of rotatable bonds is 5. The second kappa shape index (κ2) is 8.03. The lowest BCUT2D eigenvalue weighted by atomic mass is 10.1. The van der Waals surface area contributed by atoms with Crippen molar-refractivity contribution in [1.82, 2.24) is 10.2 Å². The SMILES string of the molecule is O=C(NCC(c1ccco1)N1CCOCC1)c1cc(Cl)ccc1Cl. The number of morpholine rings is 1. The van der Waals surface area contributed by atoms with Gasteiger partial charge in [-0.1, -0.05) is 23.2 Å². The Labute approximate surface area is 150 Å². The molecule has 2 aromatic rings. The molecule has 1 aromatic heterocycles. The maximum Gasteiger partial charge on any atom is 0.252 e. The Balaban J connectivity index is 1.71. The molecule has 24 heavy (non-hydrogen) atoms. The molecule has 0 saturated carbocycles. The second-order valence-electron chi connectivity index (χ2n) is 5.51. The number of halogens is 2. The van der Waals surface area contributed by atoms with Gasteiger partial charge in [0.05, 0.1) is 36.1 Å². The Morgan fingerprint density at radius 1 is 1.25 bits per heavy atom. The molecule has 0 radical (unpaired) electrons. The summed E-state index contributed by atoms with van der Waals surface area (Å²) < 4.78 is 10.9. The first-order valence-electron chi connectivity index (χ1n) is 7.73. The van der Waals surface area contributed by atoms with E-state index in [1.54, 1.807) is 24.5 Å². The summed E-state index contributed by atoms with van der Waals surface area (Å²) >= 11 is 12.0. The molecule has 1 aromatic carbocycles. The molecule has 1 aliphatic rings. The van der Waals surface area contributed by atoms with Gasteiger partial charge < -0.3 is 14.5 Å². The van der Waals surface area contributed by atoms with Gasteiger partial charge in [-0.3, -0.25) is 9.69 Å². The van der Waals surface area contributed by atoms with Crippen molar-refractivity contribution in [3.8, 4) is 0 Å². The van der Waals surface area contributed by atoms with Crippen molar-refractivity contribution >= 4 is 29.1 Å². The van der Waals surface area contributed by atoms with Crippen LogP contribution in [0.2, 0.25) is 10.0 Å². The predicted molar refractivity (Wildman–Crippen MR) is 92.6 cm³/mol. The van der Waals surface area contributed by atoms with Crippen LogP contribution in [-0.2, 0) is 4.74 Å². The standard InChI is InChI=1S/C17H18Cl2N2O3/c18-12-3-4-14(19)13(10-12)17(22)20-11-15(16-2-1-7-24-16)21-5-8-23-9-6-21/h1-4,7,10,15H,5-6,8-9,11H2,(H,20,22). The average Bonchev–Trinajstić information content (AvgIpc) is 3.12. The quantitative estimate of drug-likeness (QED) is 0.878. The average molecular weight is 369 g/mol. The van der Waals surface area contributed by atoms with E-state index in [2.05, 4.69) is 10.2 Å².